The second kappa shape index (κ2) is 9.71. The van der Waals surface area contributed by atoms with E-state index in [0.717, 1.165) is 5.56 Å². The molecule has 1 fully saturated rings. The SMILES string of the molecule is O=C(CCc1ncc(-c2ccc(F)cc2)o1)N1CCN(C(=O)c2ccc(Cl)cc2Cl)CC1. The Kier molecular flexibility index (Phi) is 6.77. The van der Waals surface area contributed by atoms with Crippen molar-refractivity contribution >= 4 is 35.0 Å². The van der Waals surface area contributed by atoms with Gasteiger partial charge in [0.25, 0.3) is 5.91 Å². The number of rotatable bonds is 5. The van der Waals surface area contributed by atoms with Crippen LogP contribution in [0.1, 0.15) is 22.7 Å². The zero-order valence-corrected chi connectivity index (χ0v) is 18.6. The van der Waals surface area contributed by atoms with Gasteiger partial charge in [-0.1, -0.05) is 23.2 Å². The van der Waals surface area contributed by atoms with Crippen molar-refractivity contribution in [2.45, 2.75) is 12.8 Å². The number of benzene rings is 2. The first kappa shape index (κ1) is 22.3. The third-order valence-corrected chi connectivity index (χ3v) is 5.86. The van der Waals surface area contributed by atoms with Crippen molar-refractivity contribution in [3.05, 3.63) is 76.0 Å². The highest BCUT2D eigenvalue weighted by atomic mass is 35.5. The monoisotopic (exact) mass is 475 g/mol. The second-order valence-corrected chi connectivity index (χ2v) is 8.27. The molecule has 0 saturated carbocycles. The standard InChI is InChI=1S/C23H20Cl2FN3O3/c24-16-3-6-18(19(25)13-16)23(31)29-11-9-28(10-12-29)22(30)8-7-21-27-14-20(32-21)15-1-4-17(26)5-2-15/h1-6,13-14H,7-12H2. The highest BCUT2D eigenvalue weighted by molar-refractivity contribution is 6.36. The number of aryl methyl sites for hydroxylation is 1. The Balaban J connectivity index is 1.28. The molecule has 0 unspecified atom stereocenters. The van der Waals surface area contributed by atoms with E-state index in [4.69, 9.17) is 27.6 Å². The molecule has 0 bridgehead atoms. The number of carbonyl (C=O) groups is 2. The fraction of sp³-hybridized carbons (Fsp3) is 0.261. The average Bonchev–Trinajstić information content (AvgIpc) is 3.27. The molecule has 1 aliphatic rings. The van der Waals surface area contributed by atoms with E-state index in [-0.39, 0.29) is 24.1 Å². The summed E-state index contributed by atoms with van der Waals surface area (Å²) in [7, 11) is 0. The predicted molar refractivity (Wildman–Crippen MR) is 119 cm³/mol. The van der Waals surface area contributed by atoms with Gasteiger partial charge in [-0.2, -0.15) is 0 Å². The molecule has 166 valence electrons. The van der Waals surface area contributed by atoms with E-state index >= 15 is 0 Å². The van der Waals surface area contributed by atoms with E-state index in [9.17, 15) is 14.0 Å². The molecule has 4 rings (SSSR count). The first-order valence-electron chi connectivity index (χ1n) is 10.1. The molecule has 2 aromatic carbocycles. The number of amides is 2. The van der Waals surface area contributed by atoms with Crippen LogP contribution in [0.15, 0.2) is 53.1 Å². The lowest BCUT2D eigenvalue weighted by Crippen LogP contribution is -2.50. The van der Waals surface area contributed by atoms with Gasteiger partial charge in [0.15, 0.2) is 11.7 Å². The molecule has 0 N–H and O–H groups in total. The van der Waals surface area contributed by atoms with Crippen LogP contribution in [0.4, 0.5) is 4.39 Å². The molecule has 1 aromatic heterocycles. The summed E-state index contributed by atoms with van der Waals surface area (Å²) < 4.78 is 18.7. The lowest BCUT2D eigenvalue weighted by atomic mass is 10.1. The van der Waals surface area contributed by atoms with Crippen molar-refractivity contribution < 1.29 is 18.4 Å². The summed E-state index contributed by atoms with van der Waals surface area (Å²) in [5.41, 5.74) is 1.12. The predicted octanol–water partition coefficient (Wildman–Crippen LogP) is 4.70. The van der Waals surface area contributed by atoms with Gasteiger partial charge in [0.2, 0.25) is 5.91 Å². The smallest absolute Gasteiger partial charge is 0.255 e. The Labute approximate surface area is 194 Å². The van der Waals surface area contributed by atoms with Gasteiger partial charge in [-0.25, -0.2) is 9.37 Å². The number of hydrogen-bond acceptors (Lipinski definition) is 4. The summed E-state index contributed by atoms with van der Waals surface area (Å²) in [4.78, 5) is 32.9. The third kappa shape index (κ3) is 5.11. The minimum atomic E-state index is -0.322. The van der Waals surface area contributed by atoms with Gasteiger partial charge in [0.1, 0.15) is 5.82 Å². The Morgan fingerprint density at radius 3 is 2.38 bits per heavy atom. The maximum absolute atomic E-state index is 13.1. The minimum Gasteiger partial charge on any atom is -0.441 e. The fourth-order valence-corrected chi connectivity index (χ4v) is 4.03. The van der Waals surface area contributed by atoms with Crippen LogP contribution in [-0.2, 0) is 11.2 Å². The molecule has 0 aliphatic carbocycles. The zero-order valence-electron chi connectivity index (χ0n) is 17.1. The normalized spacial score (nSPS) is 14.0. The van der Waals surface area contributed by atoms with Crippen molar-refractivity contribution in [3.63, 3.8) is 0 Å². The quantitative estimate of drug-likeness (QED) is 0.536. The van der Waals surface area contributed by atoms with Gasteiger partial charge in [0, 0.05) is 49.6 Å². The van der Waals surface area contributed by atoms with Gasteiger partial charge in [-0.15, -0.1) is 0 Å². The number of piperazine rings is 1. The number of halogens is 3. The van der Waals surface area contributed by atoms with Crippen molar-refractivity contribution in [3.8, 4) is 11.3 Å². The molecule has 0 radical (unpaired) electrons. The molecule has 2 amide bonds. The number of aromatic nitrogens is 1. The van der Waals surface area contributed by atoms with Crippen LogP contribution in [0.5, 0.6) is 0 Å². The van der Waals surface area contributed by atoms with E-state index < -0.39 is 0 Å². The maximum atomic E-state index is 13.1. The molecular weight excluding hydrogens is 456 g/mol. The number of carbonyl (C=O) groups excluding carboxylic acids is 2. The summed E-state index contributed by atoms with van der Waals surface area (Å²) in [6.45, 7) is 1.75. The number of hydrogen-bond donors (Lipinski definition) is 0. The summed E-state index contributed by atoms with van der Waals surface area (Å²) in [5, 5.41) is 0.782. The molecule has 32 heavy (non-hydrogen) atoms. The molecule has 0 atom stereocenters. The average molecular weight is 476 g/mol. The van der Waals surface area contributed by atoms with Gasteiger partial charge in [0.05, 0.1) is 16.8 Å². The zero-order chi connectivity index (χ0) is 22.7. The van der Waals surface area contributed by atoms with E-state index in [1.807, 2.05) is 0 Å². The van der Waals surface area contributed by atoms with Gasteiger partial charge in [-0.05, 0) is 42.5 Å². The first-order valence-corrected chi connectivity index (χ1v) is 10.9. The maximum Gasteiger partial charge on any atom is 0.255 e. The van der Waals surface area contributed by atoms with E-state index in [1.165, 1.54) is 12.1 Å². The molecule has 6 nitrogen and oxygen atoms in total. The van der Waals surface area contributed by atoms with E-state index in [0.29, 0.717) is 59.9 Å². The van der Waals surface area contributed by atoms with E-state index in [2.05, 4.69) is 4.98 Å². The van der Waals surface area contributed by atoms with Crippen LogP contribution in [0, 0.1) is 5.82 Å². The Hall–Kier alpha value is -2.90. The van der Waals surface area contributed by atoms with Gasteiger partial charge < -0.3 is 14.2 Å². The van der Waals surface area contributed by atoms with Crippen LogP contribution < -0.4 is 0 Å². The van der Waals surface area contributed by atoms with Crippen molar-refractivity contribution in [1.82, 2.24) is 14.8 Å². The van der Waals surface area contributed by atoms with Crippen LogP contribution >= 0.6 is 23.2 Å². The molecule has 9 heteroatoms. The summed E-state index contributed by atoms with van der Waals surface area (Å²) in [6.07, 6.45) is 2.18. The van der Waals surface area contributed by atoms with Crippen LogP contribution in [0.25, 0.3) is 11.3 Å². The minimum absolute atomic E-state index is 0.0249. The third-order valence-electron chi connectivity index (χ3n) is 5.32. The van der Waals surface area contributed by atoms with Gasteiger partial charge in [-0.3, -0.25) is 9.59 Å². The molecule has 0 spiro atoms. The van der Waals surface area contributed by atoms with Crippen LogP contribution in [-0.4, -0.2) is 52.8 Å². The van der Waals surface area contributed by atoms with Gasteiger partial charge >= 0.3 is 0 Å². The first-order chi connectivity index (χ1) is 15.4. The molecule has 2 heterocycles. The largest absolute Gasteiger partial charge is 0.441 e. The summed E-state index contributed by atoms with van der Waals surface area (Å²) in [5.74, 6) is 0.455. The molecular formula is C23H20Cl2FN3O3. The summed E-state index contributed by atoms with van der Waals surface area (Å²) >= 11 is 12.0. The molecule has 1 aliphatic heterocycles. The Morgan fingerprint density at radius 1 is 1.00 bits per heavy atom. The van der Waals surface area contributed by atoms with Crippen molar-refractivity contribution in [1.29, 1.82) is 0 Å². The van der Waals surface area contributed by atoms with E-state index in [1.54, 1.807) is 46.3 Å². The van der Waals surface area contributed by atoms with Crippen molar-refractivity contribution in [2.75, 3.05) is 26.2 Å². The van der Waals surface area contributed by atoms with Crippen LogP contribution in [0.2, 0.25) is 10.0 Å². The second-order valence-electron chi connectivity index (χ2n) is 7.42. The van der Waals surface area contributed by atoms with Crippen LogP contribution in [0.3, 0.4) is 0 Å². The lowest BCUT2D eigenvalue weighted by molar-refractivity contribution is -0.132. The molecule has 3 aromatic rings. The fourth-order valence-electron chi connectivity index (χ4n) is 3.54. The topological polar surface area (TPSA) is 66.7 Å². The number of oxazole rings is 1. The summed E-state index contributed by atoms with van der Waals surface area (Å²) in [6, 6.07) is 10.7. The molecule has 1 saturated heterocycles. The lowest BCUT2D eigenvalue weighted by Gasteiger charge is -2.35. The van der Waals surface area contributed by atoms with Crippen molar-refractivity contribution in [2.24, 2.45) is 0 Å². The Morgan fingerprint density at radius 2 is 1.69 bits per heavy atom. The highest BCUT2D eigenvalue weighted by Crippen LogP contribution is 2.23. The number of nitrogens with zero attached hydrogens (tertiary/aromatic N) is 3. The highest BCUT2D eigenvalue weighted by Gasteiger charge is 2.26. The Bertz CT molecular complexity index is 1130.